The number of hydrogen-bond donors (Lipinski definition) is 2. The van der Waals surface area contributed by atoms with Gasteiger partial charge in [0.25, 0.3) is 0 Å². The smallest absolute Gasteiger partial charge is 0.242 e. The SMILES string of the molecule is CCCC(CN)(CCC)C(=O)N1CCOCC1C(N)=O. The zero-order chi connectivity index (χ0) is 15.2. The molecule has 6 heteroatoms. The van der Waals surface area contributed by atoms with Gasteiger partial charge in [-0.25, -0.2) is 0 Å². The van der Waals surface area contributed by atoms with Crippen molar-refractivity contribution in [1.29, 1.82) is 0 Å². The summed E-state index contributed by atoms with van der Waals surface area (Å²) in [5.41, 5.74) is 10.7. The van der Waals surface area contributed by atoms with Gasteiger partial charge in [-0.05, 0) is 12.8 Å². The molecule has 1 rings (SSSR count). The summed E-state index contributed by atoms with van der Waals surface area (Å²) >= 11 is 0. The zero-order valence-corrected chi connectivity index (χ0v) is 12.6. The van der Waals surface area contributed by atoms with Crippen molar-refractivity contribution in [3.8, 4) is 0 Å². The van der Waals surface area contributed by atoms with Crippen LogP contribution in [0.1, 0.15) is 39.5 Å². The van der Waals surface area contributed by atoms with Crippen molar-refractivity contribution in [3.05, 3.63) is 0 Å². The number of primary amides is 1. The van der Waals surface area contributed by atoms with Crippen LogP contribution >= 0.6 is 0 Å². The van der Waals surface area contributed by atoms with Gasteiger partial charge in [0.2, 0.25) is 11.8 Å². The van der Waals surface area contributed by atoms with Gasteiger partial charge >= 0.3 is 0 Å². The number of carbonyl (C=O) groups is 2. The van der Waals surface area contributed by atoms with Gasteiger partial charge in [0.1, 0.15) is 6.04 Å². The molecule has 1 fully saturated rings. The van der Waals surface area contributed by atoms with Crippen LogP contribution in [0.5, 0.6) is 0 Å². The molecule has 0 spiro atoms. The van der Waals surface area contributed by atoms with Gasteiger partial charge in [0.05, 0.1) is 18.6 Å². The monoisotopic (exact) mass is 285 g/mol. The van der Waals surface area contributed by atoms with Crippen molar-refractivity contribution in [3.63, 3.8) is 0 Å². The van der Waals surface area contributed by atoms with Crippen molar-refractivity contribution in [2.24, 2.45) is 16.9 Å². The van der Waals surface area contributed by atoms with Crippen LogP contribution < -0.4 is 11.5 Å². The van der Waals surface area contributed by atoms with Crippen LogP contribution in [0.3, 0.4) is 0 Å². The van der Waals surface area contributed by atoms with Crippen LogP contribution in [0, 0.1) is 5.41 Å². The van der Waals surface area contributed by atoms with Gasteiger partial charge in [-0.1, -0.05) is 26.7 Å². The topological polar surface area (TPSA) is 98.7 Å². The molecule has 116 valence electrons. The summed E-state index contributed by atoms with van der Waals surface area (Å²) in [6.45, 7) is 5.41. The molecular formula is C14H27N3O3. The van der Waals surface area contributed by atoms with Crippen molar-refractivity contribution < 1.29 is 14.3 Å². The predicted molar refractivity (Wildman–Crippen MR) is 76.8 cm³/mol. The number of rotatable bonds is 7. The largest absolute Gasteiger partial charge is 0.377 e. The maximum atomic E-state index is 12.9. The first kappa shape index (κ1) is 16.9. The first-order valence-corrected chi connectivity index (χ1v) is 7.40. The van der Waals surface area contributed by atoms with Gasteiger partial charge in [-0.2, -0.15) is 0 Å². The molecular weight excluding hydrogens is 258 g/mol. The quantitative estimate of drug-likeness (QED) is 0.700. The Morgan fingerprint density at radius 2 is 1.90 bits per heavy atom. The highest BCUT2D eigenvalue weighted by Crippen LogP contribution is 2.32. The first-order valence-electron chi connectivity index (χ1n) is 7.40. The van der Waals surface area contributed by atoms with Crippen LogP contribution in [0.4, 0.5) is 0 Å². The highest BCUT2D eigenvalue weighted by atomic mass is 16.5. The number of morpholine rings is 1. The standard InChI is InChI=1S/C14H27N3O3/c1-3-5-14(10-15,6-4-2)13(19)17-7-8-20-9-11(17)12(16)18/h11H,3-10,15H2,1-2H3,(H2,16,18). The van der Waals surface area contributed by atoms with Crippen molar-refractivity contribution in [1.82, 2.24) is 4.90 Å². The Morgan fingerprint density at radius 1 is 1.30 bits per heavy atom. The van der Waals surface area contributed by atoms with Gasteiger partial charge in [-0.15, -0.1) is 0 Å². The lowest BCUT2D eigenvalue weighted by atomic mass is 9.77. The van der Waals surface area contributed by atoms with E-state index < -0.39 is 17.4 Å². The van der Waals surface area contributed by atoms with Crippen molar-refractivity contribution in [2.75, 3.05) is 26.3 Å². The molecule has 1 saturated heterocycles. The second-order valence-electron chi connectivity index (χ2n) is 5.48. The molecule has 2 amide bonds. The lowest BCUT2D eigenvalue weighted by molar-refractivity contribution is -0.156. The van der Waals surface area contributed by atoms with Crippen LogP contribution in [0.15, 0.2) is 0 Å². The Kier molecular flexibility index (Phi) is 6.42. The molecule has 0 bridgehead atoms. The van der Waals surface area contributed by atoms with Crippen LogP contribution in [-0.2, 0) is 14.3 Å². The van der Waals surface area contributed by atoms with Crippen molar-refractivity contribution in [2.45, 2.75) is 45.6 Å². The van der Waals surface area contributed by atoms with E-state index in [0.717, 1.165) is 25.7 Å². The maximum Gasteiger partial charge on any atom is 0.242 e. The van der Waals surface area contributed by atoms with E-state index in [-0.39, 0.29) is 12.5 Å². The molecule has 1 heterocycles. The molecule has 20 heavy (non-hydrogen) atoms. The first-order chi connectivity index (χ1) is 9.52. The lowest BCUT2D eigenvalue weighted by Crippen LogP contribution is -2.59. The van der Waals surface area contributed by atoms with Crippen LogP contribution in [0.25, 0.3) is 0 Å². The third-order valence-corrected chi connectivity index (χ3v) is 4.02. The van der Waals surface area contributed by atoms with Gasteiger partial charge in [-0.3, -0.25) is 9.59 Å². The minimum absolute atomic E-state index is 0.0456. The summed E-state index contributed by atoms with van der Waals surface area (Å²) in [5, 5.41) is 0. The normalized spacial score (nSPS) is 19.9. The molecule has 0 radical (unpaired) electrons. The minimum Gasteiger partial charge on any atom is -0.377 e. The summed E-state index contributed by atoms with van der Waals surface area (Å²) in [7, 11) is 0. The molecule has 1 aliphatic rings. The van der Waals surface area contributed by atoms with E-state index in [0.29, 0.717) is 19.7 Å². The highest BCUT2D eigenvalue weighted by molar-refractivity contribution is 5.90. The molecule has 4 N–H and O–H groups in total. The van der Waals surface area contributed by atoms with Crippen LogP contribution in [-0.4, -0.2) is 49.1 Å². The number of amides is 2. The van der Waals surface area contributed by atoms with Crippen molar-refractivity contribution >= 4 is 11.8 Å². The second-order valence-corrected chi connectivity index (χ2v) is 5.48. The Hall–Kier alpha value is -1.14. The minimum atomic E-state index is -0.670. The number of nitrogens with zero attached hydrogens (tertiary/aromatic N) is 1. The molecule has 0 aromatic rings. The fraction of sp³-hybridized carbons (Fsp3) is 0.857. The van der Waals surface area contributed by atoms with Gasteiger partial charge in [0.15, 0.2) is 0 Å². The van der Waals surface area contributed by atoms with E-state index in [1.54, 1.807) is 4.90 Å². The number of ether oxygens (including phenoxy) is 1. The Balaban J connectivity index is 2.99. The summed E-state index contributed by atoms with van der Waals surface area (Å²) in [5.74, 6) is -0.562. The second kappa shape index (κ2) is 7.59. The van der Waals surface area contributed by atoms with Gasteiger partial charge in [0, 0.05) is 13.1 Å². The average molecular weight is 285 g/mol. The zero-order valence-electron chi connectivity index (χ0n) is 12.6. The molecule has 6 nitrogen and oxygen atoms in total. The van der Waals surface area contributed by atoms with Gasteiger partial charge < -0.3 is 21.1 Å². The maximum absolute atomic E-state index is 12.9. The third-order valence-electron chi connectivity index (χ3n) is 4.02. The summed E-state index contributed by atoms with van der Waals surface area (Å²) in [4.78, 5) is 26.0. The molecule has 0 aliphatic carbocycles. The fourth-order valence-corrected chi connectivity index (χ4v) is 2.97. The third kappa shape index (κ3) is 3.49. The number of carbonyl (C=O) groups excluding carboxylic acids is 2. The van der Waals surface area contributed by atoms with E-state index in [9.17, 15) is 9.59 Å². The summed E-state index contributed by atoms with van der Waals surface area (Å²) < 4.78 is 5.26. The lowest BCUT2D eigenvalue weighted by Gasteiger charge is -2.41. The Bertz CT molecular complexity index is 341. The molecule has 0 aromatic carbocycles. The van der Waals surface area contributed by atoms with E-state index in [1.807, 2.05) is 13.8 Å². The molecule has 0 aromatic heterocycles. The summed E-state index contributed by atoms with van der Waals surface area (Å²) in [6.07, 6.45) is 3.24. The summed E-state index contributed by atoms with van der Waals surface area (Å²) in [6, 6.07) is -0.670. The molecule has 1 atom stereocenters. The van der Waals surface area contributed by atoms with Crippen LogP contribution in [0.2, 0.25) is 0 Å². The van der Waals surface area contributed by atoms with E-state index in [4.69, 9.17) is 16.2 Å². The molecule has 0 saturated carbocycles. The molecule has 1 unspecified atom stereocenters. The van der Waals surface area contributed by atoms with E-state index in [1.165, 1.54) is 0 Å². The highest BCUT2D eigenvalue weighted by Gasteiger charge is 2.42. The van der Waals surface area contributed by atoms with E-state index in [2.05, 4.69) is 0 Å². The van der Waals surface area contributed by atoms with E-state index >= 15 is 0 Å². The Morgan fingerprint density at radius 3 is 2.35 bits per heavy atom. The number of nitrogens with two attached hydrogens (primary N) is 2. The molecule has 1 aliphatic heterocycles. The average Bonchev–Trinajstić information content (AvgIpc) is 2.46. The number of hydrogen-bond acceptors (Lipinski definition) is 4. The predicted octanol–water partition coefficient (Wildman–Crippen LogP) is 0.244. The fourth-order valence-electron chi connectivity index (χ4n) is 2.97. The Labute approximate surface area is 120 Å².